The van der Waals surface area contributed by atoms with Crippen LogP contribution in [-0.4, -0.2) is 22.6 Å². The molecule has 1 aliphatic carbocycles. The molecule has 1 aliphatic rings. The van der Waals surface area contributed by atoms with E-state index in [1.165, 1.54) is 38.3 Å². The number of rotatable bonds is 4. The molecule has 4 heteroatoms. The van der Waals surface area contributed by atoms with E-state index in [4.69, 9.17) is 5.11 Å². The summed E-state index contributed by atoms with van der Waals surface area (Å²) in [6, 6.07) is 3.54. The van der Waals surface area contributed by atoms with Gasteiger partial charge in [0.05, 0.1) is 5.69 Å². The number of carbonyl (C=O) groups is 1. The predicted molar refractivity (Wildman–Crippen MR) is 70.9 cm³/mol. The predicted octanol–water partition coefficient (Wildman–Crippen LogP) is 3.16. The van der Waals surface area contributed by atoms with Gasteiger partial charge in [0.2, 0.25) is 0 Å². The molecule has 0 spiro atoms. The number of carboxylic acids is 1. The maximum atomic E-state index is 11.1. The molecule has 1 fully saturated rings. The van der Waals surface area contributed by atoms with Crippen LogP contribution in [0, 0.1) is 5.41 Å². The minimum atomic E-state index is -0.980. The van der Waals surface area contributed by atoms with Gasteiger partial charge in [0, 0.05) is 12.7 Å². The van der Waals surface area contributed by atoms with Crippen LogP contribution in [0.2, 0.25) is 0 Å². The van der Waals surface area contributed by atoms with E-state index < -0.39 is 5.97 Å². The first-order chi connectivity index (χ1) is 8.61. The SMILES string of the molecule is CC1(CNc2cccnc2C(=O)O)CCCCC1. The standard InChI is InChI=1S/C14H20N2O2/c1-14(7-3-2-4-8-14)10-16-11-6-5-9-15-12(11)13(17)18/h5-6,9,16H,2-4,7-8,10H2,1H3,(H,17,18). The highest BCUT2D eigenvalue weighted by atomic mass is 16.4. The van der Waals surface area contributed by atoms with Crippen molar-refractivity contribution in [3.8, 4) is 0 Å². The zero-order chi connectivity index (χ0) is 13.0. The lowest BCUT2D eigenvalue weighted by molar-refractivity contribution is 0.0691. The number of anilines is 1. The van der Waals surface area contributed by atoms with Crippen molar-refractivity contribution in [3.05, 3.63) is 24.0 Å². The summed E-state index contributed by atoms with van der Waals surface area (Å²) in [5.74, 6) is -0.980. The first-order valence-corrected chi connectivity index (χ1v) is 6.53. The van der Waals surface area contributed by atoms with Crippen molar-refractivity contribution in [2.24, 2.45) is 5.41 Å². The van der Waals surface area contributed by atoms with E-state index in [1.54, 1.807) is 12.1 Å². The van der Waals surface area contributed by atoms with Crippen LogP contribution in [0.25, 0.3) is 0 Å². The number of aromatic carboxylic acids is 1. The fourth-order valence-corrected chi connectivity index (χ4v) is 2.61. The first kappa shape index (κ1) is 12.9. The second-order valence-corrected chi connectivity index (χ2v) is 5.43. The topological polar surface area (TPSA) is 62.2 Å². The molecule has 98 valence electrons. The minimum Gasteiger partial charge on any atom is -0.476 e. The number of pyridine rings is 1. The van der Waals surface area contributed by atoms with Gasteiger partial charge in [0.15, 0.2) is 5.69 Å². The average molecular weight is 248 g/mol. The van der Waals surface area contributed by atoms with Gasteiger partial charge in [-0.2, -0.15) is 0 Å². The lowest BCUT2D eigenvalue weighted by atomic mass is 9.76. The van der Waals surface area contributed by atoms with Crippen LogP contribution in [0.15, 0.2) is 18.3 Å². The maximum absolute atomic E-state index is 11.1. The Balaban J connectivity index is 2.03. The van der Waals surface area contributed by atoms with Crippen molar-refractivity contribution in [1.82, 2.24) is 4.98 Å². The Morgan fingerprint density at radius 2 is 2.17 bits per heavy atom. The summed E-state index contributed by atoms with van der Waals surface area (Å²) in [4.78, 5) is 15.0. The van der Waals surface area contributed by atoms with Crippen LogP contribution in [0.3, 0.4) is 0 Å². The van der Waals surface area contributed by atoms with Crippen molar-refractivity contribution in [2.45, 2.75) is 39.0 Å². The van der Waals surface area contributed by atoms with Gasteiger partial charge in [0.1, 0.15) is 0 Å². The highest BCUT2D eigenvalue weighted by Gasteiger charge is 2.26. The van der Waals surface area contributed by atoms with Crippen molar-refractivity contribution in [2.75, 3.05) is 11.9 Å². The smallest absolute Gasteiger partial charge is 0.356 e. The second kappa shape index (κ2) is 5.38. The number of hydrogen-bond donors (Lipinski definition) is 2. The molecular weight excluding hydrogens is 228 g/mol. The van der Waals surface area contributed by atoms with Gasteiger partial charge in [0.25, 0.3) is 0 Å². The van der Waals surface area contributed by atoms with Crippen LogP contribution in [-0.2, 0) is 0 Å². The molecule has 2 rings (SSSR count). The van der Waals surface area contributed by atoms with E-state index in [2.05, 4.69) is 17.2 Å². The van der Waals surface area contributed by atoms with Gasteiger partial charge in [-0.15, -0.1) is 0 Å². The van der Waals surface area contributed by atoms with Gasteiger partial charge in [-0.25, -0.2) is 9.78 Å². The highest BCUT2D eigenvalue weighted by molar-refractivity contribution is 5.91. The summed E-state index contributed by atoms with van der Waals surface area (Å²) in [5.41, 5.74) is 1.01. The van der Waals surface area contributed by atoms with Gasteiger partial charge >= 0.3 is 5.97 Å². The van der Waals surface area contributed by atoms with Crippen molar-refractivity contribution < 1.29 is 9.90 Å². The molecule has 4 nitrogen and oxygen atoms in total. The average Bonchev–Trinajstić information content (AvgIpc) is 2.38. The van der Waals surface area contributed by atoms with Crippen molar-refractivity contribution >= 4 is 11.7 Å². The largest absolute Gasteiger partial charge is 0.476 e. The minimum absolute atomic E-state index is 0.108. The van der Waals surface area contributed by atoms with Crippen molar-refractivity contribution in [1.29, 1.82) is 0 Å². The zero-order valence-corrected chi connectivity index (χ0v) is 10.8. The first-order valence-electron chi connectivity index (χ1n) is 6.53. The van der Waals surface area contributed by atoms with E-state index >= 15 is 0 Å². The monoisotopic (exact) mass is 248 g/mol. The van der Waals surface area contributed by atoms with Crippen LogP contribution in [0.5, 0.6) is 0 Å². The van der Waals surface area contributed by atoms with Crippen LogP contribution in [0.1, 0.15) is 49.5 Å². The lowest BCUT2D eigenvalue weighted by Gasteiger charge is -2.34. The van der Waals surface area contributed by atoms with Crippen LogP contribution in [0.4, 0.5) is 5.69 Å². The number of hydrogen-bond acceptors (Lipinski definition) is 3. The van der Waals surface area contributed by atoms with Crippen LogP contribution >= 0.6 is 0 Å². The zero-order valence-electron chi connectivity index (χ0n) is 10.8. The van der Waals surface area contributed by atoms with E-state index in [0.29, 0.717) is 5.69 Å². The van der Waals surface area contributed by atoms with E-state index in [-0.39, 0.29) is 11.1 Å². The maximum Gasteiger partial charge on any atom is 0.356 e. The molecule has 1 saturated carbocycles. The summed E-state index contributed by atoms with van der Waals surface area (Å²) < 4.78 is 0. The summed E-state index contributed by atoms with van der Waals surface area (Å²) in [6.45, 7) is 3.09. The number of nitrogens with one attached hydrogen (secondary N) is 1. The fourth-order valence-electron chi connectivity index (χ4n) is 2.61. The Bertz CT molecular complexity index is 426. The number of aromatic nitrogens is 1. The third-order valence-electron chi connectivity index (χ3n) is 3.78. The molecule has 0 aromatic carbocycles. The van der Waals surface area contributed by atoms with Gasteiger partial charge < -0.3 is 10.4 Å². The Hall–Kier alpha value is -1.58. The molecule has 2 N–H and O–H groups in total. The normalized spacial score (nSPS) is 18.3. The number of carboxylic acid groups (broad SMARTS) is 1. The third-order valence-corrected chi connectivity index (χ3v) is 3.78. The van der Waals surface area contributed by atoms with Gasteiger partial charge in [-0.1, -0.05) is 26.2 Å². The molecule has 1 aromatic heterocycles. The quantitative estimate of drug-likeness (QED) is 0.859. The van der Waals surface area contributed by atoms with Gasteiger partial charge in [-0.3, -0.25) is 0 Å². The van der Waals surface area contributed by atoms with Gasteiger partial charge in [-0.05, 0) is 30.4 Å². The Labute approximate surface area is 107 Å². The summed E-state index contributed by atoms with van der Waals surface area (Å²) in [7, 11) is 0. The Morgan fingerprint density at radius 1 is 1.44 bits per heavy atom. The molecule has 1 heterocycles. The van der Waals surface area contributed by atoms with E-state index in [1.807, 2.05) is 0 Å². The third kappa shape index (κ3) is 3.00. The molecular formula is C14H20N2O2. The molecule has 0 saturated heterocycles. The van der Waals surface area contributed by atoms with E-state index in [0.717, 1.165) is 6.54 Å². The molecule has 0 aliphatic heterocycles. The molecule has 0 atom stereocenters. The second-order valence-electron chi connectivity index (χ2n) is 5.43. The summed E-state index contributed by atoms with van der Waals surface area (Å²) in [5, 5.41) is 12.3. The summed E-state index contributed by atoms with van der Waals surface area (Å²) in [6.07, 6.45) is 7.80. The highest BCUT2D eigenvalue weighted by Crippen LogP contribution is 2.35. The number of nitrogens with zero attached hydrogens (tertiary/aromatic N) is 1. The van der Waals surface area contributed by atoms with Crippen LogP contribution < -0.4 is 5.32 Å². The molecule has 0 radical (unpaired) electrons. The Kier molecular flexibility index (Phi) is 3.84. The molecule has 0 unspecified atom stereocenters. The molecule has 18 heavy (non-hydrogen) atoms. The fraction of sp³-hybridized carbons (Fsp3) is 0.571. The van der Waals surface area contributed by atoms with E-state index in [9.17, 15) is 4.79 Å². The molecule has 0 bridgehead atoms. The molecule has 1 aromatic rings. The molecule has 0 amide bonds. The lowest BCUT2D eigenvalue weighted by Crippen LogP contribution is -2.29. The van der Waals surface area contributed by atoms with Crippen molar-refractivity contribution in [3.63, 3.8) is 0 Å². The Morgan fingerprint density at radius 3 is 2.83 bits per heavy atom. The summed E-state index contributed by atoms with van der Waals surface area (Å²) >= 11 is 0.